The molecule has 0 aromatic rings. The van der Waals surface area contributed by atoms with Crippen LogP contribution in [-0.2, 0) is 19.0 Å². The molecule has 0 aliphatic carbocycles. The monoisotopic (exact) mass is 706 g/mol. The van der Waals surface area contributed by atoms with Gasteiger partial charge in [0.1, 0.15) is 6.10 Å². The van der Waals surface area contributed by atoms with Gasteiger partial charge in [-0.3, -0.25) is 4.79 Å². The van der Waals surface area contributed by atoms with Crippen molar-refractivity contribution in [2.75, 3.05) is 39.5 Å². The Morgan fingerprint density at radius 3 is 1.22 bits per heavy atom. The van der Waals surface area contributed by atoms with Gasteiger partial charge < -0.3 is 19.5 Å². The molecule has 5 heteroatoms. The number of carbonyl (C=O) groups is 1. The molecule has 0 radical (unpaired) electrons. The molecule has 0 unspecified atom stereocenters. The van der Waals surface area contributed by atoms with E-state index in [2.05, 4.69) is 50.4 Å². The van der Waals surface area contributed by atoms with Crippen molar-refractivity contribution in [3.05, 3.63) is 24.3 Å². The Balaban J connectivity index is 3.88. The van der Waals surface area contributed by atoms with Gasteiger partial charge in [-0.05, 0) is 83.7 Å². The molecule has 1 N–H and O–H groups in total. The van der Waals surface area contributed by atoms with Gasteiger partial charge in [0.25, 0.3) is 0 Å². The Bertz CT molecular complexity index is 663. The molecule has 0 aromatic heterocycles. The fourth-order valence-corrected chi connectivity index (χ4v) is 6.23. The minimum absolute atomic E-state index is 0.144. The van der Waals surface area contributed by atoms with E-state index in [1.165, 1.54) is 167 Å². The molecule has 5 nitrogen and oxygen atoms in total. The van der Waals surface area contributed by atoms with Crippen LogP contribution in [0.4, 0.5) is 0 Å². The zero-order valence-electron chi connectivity index (χ0n) is 34.0. The average Bonchev–Trinajstić information content (AvgIpc) is 3.12. The topological polar surface area (TPSA) is 56.8 Å². The molecule has 50 heavy (non-hydrogen) atoms. The van der Waals surface area contributed by atoms with E-state index in [4.69, 9.17) is 14.2 Å². The molecular formula is C45H87NO4. The maximum Gasteiger partial charge on any atom is 0.306 e. The second kappa shape index (κ2) is 44.0. The van der Waals surface area contributed by atoms with Crippen LogP contribution in [0.25, 0.3) is 0 Å². The first-order valence-electron chi connectivity index (χ1n) is 22.1. The number of esters is 1. The maximum absolute atomic E-state index is 12.4. The largest absolute Gasteiger partial charge is 0.457 e. The number of nitrogens with one attached hydrogen (secondary N) is 1. The van der Waals surface area contributed by atoms with E-state index in [9.17, 15) is 4.79 Å². The normalized spacial score (nSPS) is 12.5. The third-order valence-corrected chi connectivity index (χ3v) is 9.49. The number of ether oxygens (including phenoxy) is 3. The molecule has 0 saturated heterocycles. The number of unbranched alkanes of at least 4 members (excludes halogenated alkanes) is 24. The Hall–Kier alpha value is -1.17. The molecular weight excluding hydrogens is 618 g/mol. The van der Waals surface area contributed by atoms with Crippen molar-refractivity contribution in [1.82, 2.24) is 5.32 Å². The first kappa shape index (κ1) is 48.8. The fraction of sp³-hybridized carbons (Fsp3) is 0.889. The quantitative estimate of drug-likeness (QED) is 0.0389. The molecule has 0 heterocycles. The lowest BCUT2D eigenvalue weighted by Gasteiger charge is -2.18. The van der Waals surface area contributed by atoms with Crippen molar-refractivity contribution in [3.8, 4) is 0 Å². The van der Waals surface area contributed by atoms with E-state index in [1.807, 2.05) is 0 Å². The third-order valence-electron chi connectivity index (χ3n) is 9.49. The summed E-state index contributed by atoms with van der Waals surface area (Å²) in [4.78, 5) is 12.4. The van der Waals surface area contributed by atoms with Gasteiger partial charge in [0.05, 0.1) is 13.2 Å². The summed E-state index contributed by atoms with van der Waals surface area (Å²) in [5.74, 6) is -0.144. The SMILES string of the molecule is CCCCCCCCC=CCCCCCCCCOCC(COCCCCCCCCC=CCCCCCCCC)OC(=O)CCCNCC. The maximum atomic E-state index is 12.4. The van der Waals surface area contributed by atoms with Crippen LogP contribution in [0.2, 0.25) is 0 Å². The summed E-state index contributed by atoms with van der Waals surface area (Å²) in [6.45, 7) is 10.7. The Morgan fingerprint density at radius 1 is 0.480 bits per heavy atom. The molecule has 0 fully saturated rings. The van der Waals surface area contributed by atoms with Crippen LogP contribution in [0.5, 0.6) is 0 Å². The van der Waals surface area contributed by atoms with Crippen LogP contribution in [0.3, 0.4) is 0 Å². The van der Waals surface area contributed by atoms with Crippen LogP contribution in [0.15, 0.2) is 24.3 Å². The minimum atomic E-state index is -0.315. The zero-order valence-corrected chi connectivity index (χ0v) is 34.0. The summed E-state index contributed by atoms with van der Waals surface area (Å²) in [5.41, 5.74) is 0. The fourth-order valence-electron chi connectivity index (χ4n) is 6.23. The van der Waals surface area contributed by atoms with Gasteiger partial charge in [0, 0.05) is 19.6 Å². The molecule has 0 aromatic carbocycles. The van der Waals surface area contributed by atoms with Crippen LogP contribution in [0, 0.1) is 0 Å². The first-order valence-corrected chi connectivity index (χ1v) is 22.1. The van der Waals surface area contributed by atoms with Gasteiger partial charge in [0.15, 0.2) is 0 Å². The lowest BCUT2D eigenvalue weighted by molar-refractivity contribution is -0.156. The molecule has 0 aliphatic heterocycles. The van der Waals surface area contributed by atoms with Crippen molar-refractivity contribution in [2.45, 2.75) is 219 Å². The van der Waals surface area contributed by atoms with Gasteiger partial charge >= 0.3 is 5.97 Å². The summed E-state index contributed by atoms with van der Waals surface area (Å²) in [5, 5.41) is 3.27. The summed E-state index contributed by atoms with van der Waals surface area (Å²) in [6.07, 6.45) is 47.0. The Labute approximate surface area is 312 Å². The van der Waals surface area contributed by atoms with Gasteiger partial charge in [-0.25, -0.2) is 0 Å². The zero-order chi connectivity index (χ0) is 36.3. The number of allylic oxidation sites excluding steroid dienone is 4. The molecule has 0 atom stereocenters. The highest BCUT2D eigenvalue weighted by molar-refractivity contribution is 5.69. The molecule has 0 bridgehead atoms. The minimum Gasteiger partial charge on any atom is -0.457 e. The van der Waals surface area contributed by atoms with Crippen molar-refractivity contribution >= 4 is 5.97 Å². The van der Waals surface area contributed by atoms with E-state index >= 15 is 0 Å². The van der Waals surface area contributed by atoms with E-state index in [0.29, 0.717) is 19.6 Å². The summed E-state index contributed by atoms with van der Waals surface area (Å²) in [6, 6.07) is 0. The second-order valence-corrected chi connectivity index (χ2v) is 14.6. The Morgan fingerprint density at radius 2 is 0.840 bits per heavy atom. The standard InChI is InChI=1S/C45H87NO4/c1-4-7-9-11-13-15-17-19-21-23-25-27-29-31-33-35-40-48-42-44(50-45(47)38-37-39-46-6-3)43-49-41-36-34-32-30-28-26-24-22-20-18-16-14-12-10-8-5-2/h19-22,44,46H,4-18,23-43H2,1-3H3. The number of hydrogen-bond donors (Lipinski definition) is 1. The number of carbonyl (C=O) groups excluding carboxylic acids is 1. The van der Waals surface area contributed by atoms with Crippen molar-refractivity contribution < 1.29 is 19.0 Å². The second-order valence-electron chi connectivity index (χ2n) is 14.6. The summed E-state index contributed by atoms with van der Waals surface area (Å²) < 4.78 is 17.7. The van der Waals surface area contributed by atoms with Gasteiger partial charge in [-0.1, -0.05) is 161 Å². The first-order chi connectivity index (χ1) is 24.7. The average molecular weight is 706 g/mol. The summed E-state index contributed by atoms with van der Waals surface area (Å²) >= 11 is 0. The predicted molar refractivity (Wildman–Crippen MR) is 218 cm³/mol. The molecule has 0 rings (SSSR count). The van der Waals surface area contributed by atoms with Crippen LogP contribution >= 0.6 is 0 Å². The molecule has 0 saturated carbocycles. The Kier molecular flexibility index (Phi) is 43.0. The molecule has 296 valence electrons. The number of hydrogen-bond acceptors (Lipinski definition) is 5. The number of rotatable bonds is 42. The van der Waals surface area contributed by atoms with Crippen LogP contribution in [0.1, 0.15) is 213 Å². The smallest absolute Gasteiger partial charge is 0.306 e. The third kappa shape index (κ3) is 41.3. The van der Waals surface area contributed by atoms with E-state index < -0.39 is 0 Å². The lowest BCUT2D eigenvalue weighted by Crippen LogP contribution is -2.29. The van der Waals surface area contributed by atoms with Gasteiger partial charge in [0.2, 0.25) is 0 Å². The highest BCUT2D eigenvalue weighted by Gasteiger charge is 2.15. The van der Waals surface area contributed by atoms with Crippen molar-refractivity contribution in [3.63, 3.8) is 0 Å². The summed E-state index contributed by atoms with van der Waals surface area (Å²) in [7, 11) is 0. The highest BCUT2D eigenvalue weighted by atomic mass is 16.6. The van der Waals surface area contributed by atoms with Crippen molar-refractivity contribution in [1.29, 1.82) is 0 Å². The highest BCUT2D eigenvalue weighted by Crippen LogP contribution is 2.12. The van der Waals surface area contributed by atoms with E-state index in [0.717, 1.165) is 45.6 Å². The van der Waals surface area contributed by atoms with Crippen LogP contribution < -0.4 is 5.32 Å². The van der Waals surface area contributed by atoms with Crippen molar-refractivity contribution in [2.24, 2.45) is 0 Å². The van der Waals surface area contributed by atoms with E-state index in [1.54, 1.807) is 0 Å². The lowest BCUT2D eigenvalue weighted by atomic mass is 10.1. The van der Waals surface area contributed by atoms with Gasteiger partial charge in [-0.15, -0.1) is 0 Å². The molecule has 0 aliphatic rings. The van der Waals surface area contributed by atoms with Gasteiger partial charge in [-0.2, -0.15) is 0 Å². The molecule has 0 spiro atoms. The van der Waals surface area contributed by atoms with E-state index in [-0.39, 0.29) is 12.1 Å². The predicted octanol–water partition coefficient (Wildman–Crippen LogP) is 13.4. The molecule has 0 amide bonds. The van der Waals surface area contributed by atoms with Crippen LogP contribution in [-0.4, -0.2) is 51.6 Å².